The molecular formula is H3MgO11P3Pb. The van der Waals surface area contributed by atoms with E-state index in [1.54, 1.807) is 0 Å². The van der Waals surface area contributed by atoms with Crippen LogP contribution in [0, 0.1) is 0 Å². The standard InChI is InChI=1S/Mg.H4O7P2.H3O4P.Pb/c;1-8(2,3)7-9(4,5)6;1-5(2,3)4;/h;(H2,1,2,3)(H2,4,5,6);(H3,1,2,3,4);/q+2;;;+2/p-4. The summed E-state index contributed by atoms with van der Waals surface area (Å²) in [7, 11) is -16.0. The van der Waals surface area contributed by atoms with E-state index in [2.05, 4.69) is 4.31 Å². The maximum absolute atomic E-state index is 9.32. The Morgan fingerprint density at radius 2 is 0.938 bits per heavy atom. The first kappa shape index (κ1) is 26.6. The van der Waals surface area contributed by atoms with Crippen LogP contribution in [0.15, 0.2) is 0 Å². The molecule has 16 heteroatoms. The SMILES string of the molecule is O=P(O)(O)O.O=P([O-])([O-])OP(=O)([O-])[O-].[Mg+2].[Pb+2]. The summed E-state index contributed by atoms with van der Waals surface area (Å²) in [5.74, 6) is 0. The van der Waals surface area contributed by atoms with Gasteiger partial charge < -0.3 is 47.7 Å². The van der Waals surface area contributed by atoms with Crippen LogP contribution in [-0.2, 0) is 18.0 Å². The summed E-state index contributed by atoms with van der Waals surface area (Å²) < 4.78 is 30.0. The minimum atomic E-state index is -5.68. The van der Waals surface area contributed by atoms with Gasteiger partial charge in [-0.1, -0.05) is 0 Å². The van der Waals surface area contributed by atoms with Gasteiger partial charge in [0.05, 0.1) is 15.6 Å². The van der Waals surface area contributed by atoms with Crippen molar-refractivity contribution in [2.75, 3.05) is 0 Å². The fraction of sp³-hybridized carbons (Fsp3) is 0. The normalized spacial score (nSPS) is 11.4. The Morgan fingerprint density at radius 3 is 0.938 bits per heavy atom. The van der Waals surface area contributed by atoms with E-state index in [1.807, 2.05) is 0 Å². The van der Waals surface area contributed by atoms with Gasteiger partial charge in [-0.15, -0.1) is 0 Å². The molecule has 0 unspecified atom stereocenters. The van der Waals surface area contributed by atoms with Gasteiger partial charge in [-0.05, 0) is 0 Å². The fourth-order valence-electron chi connectivity index (χ4n) is 0.122. The topological polar surface area (TPSA) is 213 Å². The van der Waals surface area contributed by atoms with Gasteiger partial charge in [0.15, 0.2) is 0 Å². The van der Waals surface area contributed by atoms with Crippen molar-refractivity contribution in [2.24, 2.45) is 0 Å². The van der Waals surface area contributed by atoms with Gasteiger partial charge >= 0.3 is 58.2 Å². The van der Waals surface area contributed by atoms with E-state index in [4.69, 9.17) is 19.2 Å². The van der Waals surface area contributed by atoms with Crippen molar-refractivity contribution in [3.05, 3.63) is 0 Å². The summed E-state index contributed by atoms with van der Waals surface area (Å²) in [6.07, 6.45) is 0. The second kappa shape index (κ2) is 9.92. The average Bonchev–Trinajstić information content (AvgIpc) is 1.42. The third-order valence-electron chi connectivity index (χ3n) is 0.200. The molecule has 0 rings (SSSR count). The first-order chi connectivity index (χ1) is 5.71. The number of phosphoric acid groups is 3. The third kappa shape index (κ3) is 56.1. The van der Waals surface area contributed by atoms with Crippen molar-refractivity contribution in [1.29, 1.82) is 0 Å². The van der Waals surface area contributed by atoms with Gasteiger partial charge in [-0.25, -0.2) is 4.57 Å². The van der Waals surface area contributed by atoms with Crippen LogP contribution in [0.5, 0.6) is 0 Å². The van der Waals surface area contributed by atoms with Gasteiger partial charge in [0.2, 0.25) is 0 Å². The molecule has 0 atom stereocenters. The largest absolute Gasteiger partial charge is 2.00 e. The Bertz CT molecular complexity index is 264. The molecule has 0 aliphatic carbocycles. The molecule has 0 heterocycles. The minimum Gasteiger partial charge on any atom is -0.790 e. The van der Waals surface area contributed by atoms with Gasteiger partial charge in [0.25, 0.3) is 0 Å². The summed E-state index contributed by atoms with van der Waals surface area (Å²) in [6, 6.07) is 0. The minimum absolute atomic E-state index is 0. The Morgan fingerprint density at radius 1 is 0.812 bits per heavy atom. The van der Waals surface area contributed by atoms with E-state index in [0.717, 1.165) is 0 Å². The van der Waals surface area contributed by atoms with Crippen molar-refractivity contribution < 1.29 is 52.3 Å². The Labute approximate surface area is 125 Å². The molecule has 0 saturated carbocycles. The van der Waals surface area contributed by atoms with Crippen LogP contribution in [0.1, 0.15) is 0 Å². The maximum atomic E-state index is 9.32. The van der Waals surface area contributed by atoms with Crippen LogP contribution in [0.4, 0.5) is 0 Å². The molecule has 0 saturated heterocycles. The van der Waals surface area contributed by atoms with Gasteiger partial charge in [-0.3, -0.25) is 0 Å². The Balaban J connectivity index is -0.0000000904. The second-order valence-electron chi connectivity index (χ2n) is 1.49. The summed E-state index contributed by atoms with van der Waals surface area (Å²) in [5.41, 5.74) is 0. The number of rotatable bonds is 2. The molecule has 16 heavy (non-hydrogen) atoms. The molecule has 11 nitrogen and oxygen atoms in total. The molecule has 90 valence electrons. The van der Waals surface area contributed by atoms with Crippen LogP contribution < -0.4 is 19.6 Å². The first-order valence-corrected chi connectivity index (χ1v) is 6.73. The molecule has 0 aliphatic heterocycles. The maximum Gasteiger partial charge on any atom is 2.00 e. The quantitative estimate of drug-likeness (QED) is 0.239. The van der Waals surface area contributed by atoms with E-state index in [9.17, 15) is 28.7 Å². The van der Waals surface area contributed by atoms with Crippen molar-refractivity contribution in [2.45, 2.75) is 0 Å². The van der Waals surface area contributed by atoms with Gasteiger partial charge in [-0.2, -0.15) is 0 Å². The third-order valence-corrected chi connectivity index (χ3v) is 1.80. The number of hydrogen-bond donors (Lipinski definition) is 3. The van der Waals surface area contributed by atoms with Crippen molar-refractivity contribution in [3.63, 3.8) is 0 Å². The molecule has 0 aromatic rings. The van der Waals surface area contributed by atoms with Crippen LogP contribution >= 0.6 is 23.5 Å². The van der Waals surface area contributed by atoms with Crippen LogP contribution in [-0.4, -0.2) is 65.0 Å². The van der Waals surface area contributed by atoms with Gasteiger partial charge in [0, 0.05) is 0 Å². The van der Waals surface area contributed by atoms with Crippen molar-refractivity contribution in [1.82, 2.24) is 0 Å². The summed E-state index contributed by atoms with van der Waals surface area (Å²) in [6.45, 7) is 0. The van der Waals surface area contributed by atoms with E-state index in [1.165, 1.54) is 0 Å². The van der Waals surface area contributed by atoms with Crippen LogP contribution in [0.3, 0.4) is 0 Å². The van der Waals surface area contributed by atoms with Crippen molar-refractivity contribution >= 4 is 73.8 Å². The van der Waals surface area contributed by atoms with E-state index >= 15 is 0 Å². The van der Waals surface area contributed by atoms with Crippen molar-refractivity contribution in [3.8, 4) is 0 Å². The zero-order chi connectivity index (χ0) is 12.2. The molecule has 0 aromatic carbocycles. The molecule has 0 aromatic heterocycles. The van der Waals surface area contributed by atoms with Gasteiger partial charge in [0.1, 0.15) is 0 Å². The molecule has 0 aliphatic rings. The average molecular weight is 503 g/mol. The first-order valence-electron chi connectivity index (χ1n) is 2.24. The predicted molar refractivity (Wildman–Crippen MR) is 42.1 cm³/mol. The Kier molecular flexibility index (Phi) is 16.5. The smallest absolute Gasteiger partial charge is 0.790 e. The fourth-order valence-corrected chi connectivity index (χ4v) is 1.10. The Hall–Kier alpha value is 2.06. The summed E-state index contributed by atoms with van der Waals surface area (Å²) in [5, 5.41) is 0. The molecule has 2 radical (unpaired) electrons. The second-order valence-corrected chi connectivity index (χ2v) is 4.96. The molecule has 0 fully saturated rings. The zero-order valence-electron chi connectivity index (χ0n) is 7.16. The summed E-state index contributed by atoms with van der Waals surface area (Å²) >= 11 is 0. The predicted octanol–water partition coefficient (Wildman–Crippen LogP) is -5.03. The van der Waals surface area contributed by atoms with E-state index in [-0.39, 0.29) is 50.4 Å². The molecule has 0 amide bonds. The molecular weight excluding hydrogens is 500 g/mol. The van der Waals surface area contributed by atoms with Crippen LogP contribution in [0.25, 0.3) is 0 Å². The van der Waals surface area contributed by atoms with E-state index in [0.29, 0.717) is 0 Å². The summed E-state index contributed by atoms with van der Waals surface area (Å²) in [4.78, 5) is 58.9. The van der Waals surface area contributed by atoms with E-state index < -0.39 is 23.5 Å². The molecule has 3 N–H and O–H groups in total. The number of hydrogen-bond acceptors (Lipinski definition) is 8. The monoisotopic (exact) mass is 504 g/mol. The molecule has 0 bridgehead atoms. The zero-order valence-corrected chi connectivity index (χ0v) is 15.1. The van der Waals surface area contributed by atoms with Crippen LogP contribution in [0.2, 0.25) is 0 Å². The molecule has 0 spiro atoms.